The predicted octanol–water partition coefficient (Wildman–Crippen LogP) is 2.62. The molecule has 2 aliphatic heterocycles. The van der Waals surface area contributed by atoms with Gasteiger partial charge in [0, 0.05) is 31.3 Å². The lowest BCUT2D eigenvalue weighted by molar-refractivity contribution is -0.385. The van der Waals surface area contributed by atoms with Gasteiger partial charge in [0.25, 0.3) is 5.69 Å². The number of hydrogen-bond acceptors (Lipinski definition) is 5. The molecular formula is C17H25N3O4S. The zero-order valence-corrected chi connectivity index (χ0v) is 15.2. The molecule has 0 atom stereocenters. The summed E-state index contributed by atoms with van der Waals surface area (Å²) in [7, 11) is -3.67. The topological polar surface area (TPSA) is 83.8 Å². The van der Waals surface area contributed by atoms with E-state index in [0.29, 0.717) is 19.1 Å². The molecule has 3 rings (SSSR count). The molecular weight excluding hydrogens is 342 g/mol. The molecule has 0 aromatic heterocycles. The minimum absolute atomic E-state index is 0.00919. The monoisotopic (exact) mass is 367 g/mol. The summed E-state index contributed by atoms with van der Waals surface area (Å²) in [5.41, 5.74) is -0.194. The average Bonchev–Trinajstić information content (AvgIpc) is 2.91. The highest BCUT2D eigenvalue weighted by molar-refractivity contribution is 7.89. The summed E-state index contributed by atoms with van der Waals surface area (Å²) in [4.78, 5) is 12.9. The summed E-state index contributed by atoms with van der Waals surface area (Å²) in [6, 6.07) is 5.77. The van der Waals surface area contributed by atoms with E-state index in [4.69, 9.17) is 0 Å². The van der Waals surface area contributed by atoms with Crippen LogP contribution in [-0.4, -0.2) is 54.8 Å². The van der Waals surface area contributed by atoms with Crippen LogP contribution in [0.2, 0.25) is 0 Å². The number of nitro benzene ring substituents is 1. The van der Waals surface area contributed by atoms with E-state index in [-0.39, 0.29) is 10.6 Å². The SMILES string of the molecule is O=[N+]([O-])c1cccc(S(=O)(=O)N2CCC(N3CCCCCC3)CC2)c1. The molecule has 0 saturated carbocycles. The maximum atomic E-state index is 12.8. The molecule has 0 radical (unpaired) electrons. The number of rotatable bonds is 4. The number of benzene rings is 1. The van der Waals surface area contributed by atoms with Crippen LogP contribution in [0, 0.1) is 10.1 Å². The quantitative estimate of drug-likeness (QED) is 0.603. The Kier molecular flexibility index (Phi) is 5.71. The second-order valence-corrected chi connectivity index (χ2v) is 8.78. The van der Waals surface area contributed by atoms with Crippen molar-refractivity contribution >= 4 is 15.7 Å². The fourth-order valence-corrected chi connectivity index (χ4v) is 5.32. The molecule has 7 nitrogen and oxygen atoms in total. The molecule has 0 N–H and O–H groups in total. The Morgan fingerprint density at radius 2 is 1.64 bits per heavy atom. The Labute approximate surface area is 148 Å². The minimum Gasteiger partial charge on any atom is -0.300 e. The zero-order chi connectivity index (χ0) is 17.9. The van der Waals surface area contributed by atoms with Crippen LogP contribution in [0.3, 0.4) is 0 Å². The highest BCUT2D eigenvalue weighted by atomic mass is 32.2. The molecule has 0 spiro atoms. The van der Waals surface area contributed by atoms with Crippen molar-refractivity contribution in [3.8, 4) is 0 Å². The lowest BCUT2D eigenvalue weighted by atomic mass is 10.0. The molecule has 2 aliphatic rings. The van der Waals surface area contributed by atoms with Crippen molar-refractivity contribution in [3.05, 3.63) is 34.4 Å². The van der Waals surface area contributed by atoms with Crippen LogP contribution in [0.5, 0.6) is 0 Å². The summed E-state index contributed by atoms with van der Waals surface area (Å²) in [5.74, 6) is 0. The molecule has 8 heteroatoms. The molecule has 2 fully saturated rings. The molecule has 2 heterocycles. The minimum atomic E-state index is -3.67. The first kappa shape index (κ1) is 18.3. The Balaban J connectivity index is 1.67. The van der Waals surface area contributed by atoms with Gasteiger partial charge in [0.1, 0.15) is 0 Å². The molecule has 1 aromatic rings. The molecule has 0 aliphatic carbocycles. The first-order valence-electron chi connectivity index (χ1n) is 8.97. The van der Waals surface area contributed by atoms with Crippen molar-refractivity contribution < 1.29 is 13.3 Å². The lowest BCUT2D eigenvalue weighted by Crippen LogP contribution is -2.47. The van der Waals surface area contributed by atoms with E-state index >= 15 is 0 Å². The zero-order valence-electron chi connectivity index (χ0n) is 14.3. The second-order valence-electron chi connectivity index (χ2n) is 6.84. The number of nitrogens with zero attached hydrogens (tertiary/aromatic N) is 3. The van der Waals surface area contributed by atoms with Gasteiger partial charge in [-0.05, 0) is 44.8 Å². The summed E-state index contributed by atoms with van der Waals surface area (Å²) in [5, 5.41) is 10.9. The molecule has 2 saturated heterocycles. The fourth-order valence-electron chi connectivity index (χ4n) is 3.81. The number of nitro groups is 1. The van der Waals surface area contributed by atoms with Crippen LogP contribution < -0.4 is 0 Å². The van der Waals surface area contributed by atoms with Crippen molar-refractivity contribution in [2.75, 3.05) is 26.2 Å². The number of likely N-dealkylation sites (tertiary alicyclic amines) is 1. The first-order chi connectivity index (χ1) is 12.0. The van der Waals surface area contributed by atoms with E-state index in [1.165, 1.54) is 48.2 Å². The highest BCUT2D eigenvalue weighted by Crippen LogP contribution is 2.26. The Morgan fingerprint density at radius 1 is 1.00 bits per heavy atom. The predicted molar refractivity (Wildman–Crippen MR) is 94.9 cm³/mol. The third kappa shape index (κ3) is 4.19. The van der Waals surface area contributed by atoms with Gasteiger partial charge in [0.05, 0.1) is 9.82 Å². The summed E-state index contributed by atoms with van der Waals surface area (Å²) in [6.07, 6.45) is 6.69. The van der Waals surface area contributed by atoms with Gasteiger partial charge < -0.3 is 4.90 Å². The summed E-state index contributed by atoms with van der Waals surface area (Å²) < 4.78 is 27.1. The van der Waals surface area contributed by atoms with E-state index in [1.54, 1.807) is 0 Å². The van der Waals surface area contributed by atoms with Gasteiger partial charge in [-0.2, -0.15) is 4.31 Å². The smallest absolute Gasteiger partial charge is 0.270 e. The molecule has 0 amide bonds. The van der Waals surface area contributed by atoms with Gasteiger partial charge in [-0.3, -0.25) is 10.1 Å². The van der Waals surface area contributed by atoms with Crippen LogP contribution >= 0.6 is 0 Å². The van der Waals surface area contributed by atoms with E-state index in [0.717, 1.165) is 32.0 Å². The lowest BCUT2D eigenvalue weighted by Gasteiger charge is -2.37. The first-order valence-corrected chi connectivity index (χ1v) is 10.4. The van der Waals surface area contributed by atoms with Gasteiger partial charge in [-0.25, -0.2) is 8.42 Å². The van der Waals surface area contributed by atoms with Crippen LogP contribution in [0.4, 0.5) is 5.69 Å². The van der Waals surface area contributed by atoms with Gasteiger partial charge in [0.15, 0.2) is 0 Å². The second kappa shape index (κ2) is 7.80. The number of sulfonamides is 1. The largest absolute Gasteiger partial charge is 0.300 e. The number of hydrogen-bond donors (Lipinski definition) is 0. The average molecular weight is 367 g/mol. The Bertz CT molecular complexity index is 706. The molecule has 0 unspecified atom stereocenters. The normalized spacial score (nSPS) is 21.8. The van der Waals surface area contributed by atoms with Crippen molar-refractivity contribution in [3.63, 3.8) is 0 Å². The van der Waals surface area contributed by atoms with Crippen molar-refractivity contribution in [1.29, 1.82) is 0 Å². The highest BCUT2D eigenvalue weighted by Gasteiger charge is 2.32. The number of non-ortho nitro benzene ring substituents is 1. The van der Waals surface area contributed by atoms with E-state index in [9.17, 15) is 18.5 Å². The standard InChI is InChI=1S/C17H25N3O4S/c21-20(22)16-6-5-7-17(14-16)25(23,24)19-12-8-15(9-13-19)18-10-3-1-2-4-11-18/h5-7,14-15H,1-4,8-13H2. The van der Waals surface area contributed by atoms with Gasteiger partial charge in [0.2, 0.25) is 10.0 Å². The maximum absolute atomic E-state index is 12.8. The Hall–Kier alpha value is -1.51. The van der Waals surface area contributed by atoms with E-state index in [1.807, 2.05) is 0 Å². The van der Waals surface area contributed by atoms with E-state index < -0.39 is 14.9 Å². The molecule has 138 valence electrons. The van der Waals surface area contributed by atoms with Gasteiger partial charge in [-0.1, -0.05) is 18.9 Å². The summed E-state index contributed by atoms with van der Waals surface area (Å²) in [6.45, 7) is 3.18. The molecule has 25 heavy (non-hydrogen) atoms. The van der Waals surface area contributed by atoms with Crippen molar-refractivity contribution in [1.82, 2.24) is 9.21 Å². The Morgan fingerprint density at radius 3 is 2.24 bits per heavy atom. The van der Waals surface area contributed by atoms with E-state index in [2.05, 4.69) is 4.90 Å². The summed E-state index contributed by atoms with van der Waals surface area (Å²) >= 11 is 0. The third-order valence-corrected chi connectivity index (χ3v) is 7.14. The van der Waals surface area contributed by atoms with Crippen molar-refractivity contribution in [2.45, 2.75) is 49.5 Å². The number of piperidine rings is 1. The van der Waals surface area contributed by atoms with Gasteiger partial charge >= 0.3 is 0 Å². The molecule has 1 aromatic carbocycles. The van der Waals surface area contributed by atoms with Crippen molar-refractivity contribution in [2.24, 2.45) is 0 Å². The van der Waals surface area contributed by atoms with Crippen LogP contribution in [0.25, 0.3) is 0 Å². The van der Waals surface area contributed by atoms with Gasteiger partial charge in [-0.15, -0.1) is 0 Å². The van der Waals surface area contributed by atoms with Crippen LogP contribution in [0.15, 0.2) is 29.2 Å². The van der Waals surface area contributed by atoms with Crippen LogP contribution in [0.1, 0.15) is 38.5 Å². The maximum Gasteiger partial charge on any atom is 0.270 e. The van der Waals surface area contributed by atoms with Crippen LogP contribution in [-0.2, 0) is 10.0 Å². The fraction of sp³-hybridized carbons (Fsp3) is 0.647. The molecule has 0 bridgehead atoms. The third-order valence-electron chi connectivity index (χ3n) is 5.25.